The van der Waals surface area contributed by atoms with Crippen LogP contribution in [-0.2, 0) is 6.54 Å². The van der Waals surface area contributed by atoms with E-state index in [-0.39, 0.29) is 11.1 Å². The van der Waals surface area contributed by atoms with Crippen LogP contribution in [0.15, 0.2) is 24.3 Å². The van der Waals surface area contributed by atoms with Crippen molar-refractivity contribution in [2.24, 2.45) is 0 Å². The van der Waals surface area contributed by atoms with Gasteiger partial charge in [0.15, 0.2) is 0 Å². The van der Waals surface area contributed by atoms with Crippen molar-refractivity contribution in [3.05, 3.63) is 29.8 Å². The van der Waals surface area contributed by atoms with Gasteiger partial charge in [0.25, 0.3) is 0 Å². The van der Waals surface area contributed by atoms with E-state index in [1.165, 1.54) is 11.3 Å². The number of benzene rings is 1. The third-order valence-electron chi connectivity index (χ3n) is 2.34. The predicted molar refractivity (Wildman–Crippen MR) is 76.4 cm³/mol. The van der Waals surface area contributed by atoms with Crippen LogP contribution in [0.5, 0.6) is 0 Å². The monoisotopic (exact) mass is 234 g/mol. The molecule has 0 aliphatic carbocycles. The summed E-state index contributed by atoms with van der Waals surface area (Å²) in [5, 5.41) is 7.07. The summed E-state index contributed by atoms with van der Waals surface area (Å²) in [5.74, 6) is 0. The fourth-order valence-electron chi connectivity index (χ4n) is 1.56. The average Bonchev–Trinajstić information content (AvgIpc) is 2.12. The summed E-state index contributed by atoms with van der Waals surface area (Å²) in [4.78, 5) is 0. The molecule has 1 rings (SSSR count). The molecule has 0 radical (unpaired) electrons. The number of hydrogen-bond donors (Lipinski definition) is 2. The Morgan fingerprint density at radius 2 is 1.47 bits per heavy atom. The SMILES string of the molecule is CC(C)(C)NCc1ccccc1NC(C)(C)C. The molecule has 1 aromatic rings. The Balaban J connectivity index is 2.78. The zero-order chi connectivity index (χ0) is 13.1. The van der Waals surface area contributed by atoms with E-state index < -0.39 is 0 Å². The first-order valence-corrected chi connectivity index (χ1v) is 6.28. The van der Waals surface area contributed by atoms with E-state index in [9.17, 15) is 0 Å². The second-order valence-corrected chi connectivity index (χ2v) is 6.64. The third kappa shape index (κ3) is 5.73. The van der Waals surface area contributed by atoms with E-state index in [2.05, 4.69) is 76.4 Å². The lowest BCUT2D eigenvalue weighted by Crippen LogP contribution is -2.35. The van der Waals surface area contributed by atoms with Crippen LogP contribution in [-0.4, -0.2) is 11.1 Å². The summed E-state index contributed by atoms with van der Waals surface area (Å²) in [6.45, 7) is 14.0. The minimum atomic E-state index is 0.0951. The lowest BCUT2D eigenvalue weighted by atomic mass is 10.0. The molecule has 2 N–H and O–H groups in total. The number of para-hydroxylation sites is 1. The van der Waals surface area contributed by atoms with Gasteiger partial charge in [-0.3, -0.25) is 0 Å². The number of hydrogen-bond acceptors (Lipinski definition) is 2. The molecule has 0 heterocycles. The minimum Gasteiger partial charge on any atom is -0.380 e. The molecule has 0 fully saturated rings. The average molecular weight is 234 g/mol. The van der Waals surface area contributed by atoms with Crippen LogP contribution in [0.2, 0.25) is 0 Å². The maximum atomic E-state index is 3.55. The molecule has 17 heavy (non-hydrogen) atoms. The Kier molecular flexibility index (Phi) is 4.21. The van der Waals surface area contributed by atoms with Gasteiger partial charge in [-0.25, -0.2) is 0 Å². The molecule has 0 saturated carbocycles. The molecule has 1 aromatic carbocycles. The topological polar surface area (TPSA) is 24.1 Å². The smallest absolute Gasteiger partial charge is 0.0389 e. The fourth-order valence-corrected chi connectivity index (χ4v) is 1.56. The van der Waals surface area contributed by atoms with Gasteiger partial charge in [0.05, 0.1) is 0 Å². The van der Waals surface area contributed by atoms with Crippen molar-refractivity contribution >= 4 is 5.69 Å². The summed E-state index contributed by atoms with van der Waals surface area (Å²) in [5.41, 5.74) is 2.78. The largest absolute Gasteiger partial charge is 0.380 e. The van der Waals surface area contributed by atoms with Crippen LogP contribution < -0.4 is 10.6 Å². The van der Waals surface area contributed by atoms with Crippen LogP contribution in [0.25, 0.3) is 0 Å². The molecule has 0 spiro atoms. The van der Waals surface area contributed by atoms with Crippen molar-refractivity contribution in [1.29, 1.82) is 0 Å². The Morgan fingerprint density at radius 3 is 2.00 bits per heavy atom. The van der Waals surface area contributed by atoms with E-state index in [0.717, 1.165) is 6.54 Å². The van der Waals surface area contributed by atoms with Gasteiger partial charge in [0, 0.05) is 23.3 Å². The van der Waals surface area contributed by atoms with E-state index in [1.807, 2.05) is 0 Å². The van der Waals surface area contributed by atoms with Crippen molar-refractivity contribution in [3.8, 4) is 0 Å². The van der Waals surface area contributed by atoms with Gasteiger partial charge in [-0.05, 0) is 53.2 Å². The van der Waals surface area contributed by atoms with E-state index in [4.69, 9.17) is 0 Å². The summed E-state index contributed by atoms with van der Waals surface area (Å²) < 4.78 is 0. The second-order valence-electron chi connectivity index (χ2n) is 6.64. The Hall–Kier alpha value is -1.02. The maximum absolute atomic E-state index is 3.55. The van der Waals surface area contributed by atoms with Crippen molar-refractivity contribution < 1.29 is 0 Å². The highest BCUT2D eigenvalue weighted by molar-refractivity contribution is 5.52. The van der Waals surface area contributed by atoms with E-state index in [0.29, 0.717) is 0 Å². The molecule has 2 nitrogen and oxygen atoms in total. The zero-order valence-electron chi connectivity index (χ0n) is 12.0. The Bertz CT molecular complexity index is 356. The predicted octanol–water partition coefficient (Wildman–Crippen LogP) is 3.79. The van der Waals surface area contributed by atoms with Gasteiger partial charge in [-0.15, -0.1) is 0 Å². The first-order valence-electron chi connectivity index (χ1n) is 6.28. The summed E-state index contributed by atoms with van der Waals surface area (Å²) in [6.07, 6.45) is 0. The van der Waals surface area contributed by atoms with E-state index in [1.54, 1.807) is 0 Å². The zero-order valence-corrected chi connectivity index (χ0v) is 12.0. The fraction of sp³-hybridized carbons (Fsp3) is 0.600. The summed E-state index contributed by atoms with van der Waals surface area (Å²) in [6, 6.07) is 8.49. The standard InChI is InChI=1S/C15H26N2/c1-14(2,3)16-11-12-9-7-8-10-13(12)17-15(4,5)6/h7-10,16-17H,11H2,1-6H3. The van der Waals surface area contributed by atoms with Crippen molar-refractivity contribution in [2.45, 2.75) is 59.2 Å². The molecule has 0 bridgehead atoms. The normalized spacial score (nSPS) is 12.6. The second kappa shape index (κ2) is 5.09. The van der Waals surface area contributed by atoms with Crippen molar-refractivity contribution in [1.82, 2.24) is 5.32 Å². The third-order valence-corrected chi connectivity index (χ3v) is 2.34. The minimum absolute atomic E-state index is 0.0951. The highest BCUT2D eigenvalue weighted by atomic mass is 15.0. The molecule has 96 valence electrons. The molecule has 2 heteroatoms. The first-order chi connectivity index (χ1) is 7.67. The van der Waals surface area contributed by atoms with Crippen molar-refractivity contribution in [2.75, 3.05) is 5.32 Å². The summed E-state index contributed by atoms with van der Waals surface area (Å²) in [7, 11) is 0. The molecule has 0 aliphatic heterocycles. The first kappa shape index (κ1) is 14.0. The quantitative estimate of drug-likeness (QED) is 0.831. The molecule has 0 saturated heterocycles. The van der Waals surface area contributed by atoms with Gasteiger partial charge in [-0.2, -0.15) is 0 Å². The van der Waals surface area contributed by atoms with Gasteiger partial charge in [-0.1, -0.05) is 18.2 Å². The van der Waals surface area contributed by atoms with Crippen LogP contribution in [0, 0.1) is 0 Å². The number of rotatable bonds is 3. The molecule has 0 atom stereocenters. The Morgan fingerprint density at radius 1 is 0.882 bits per heavy atom. The lowest BCUT2D eigenvalue weighted by Gasteiger charge is -2.26. The summed E-state index contributed by atoms with van der Waals surface area (Å²) >= 11 is 0. The number of nitrogens with one attached hydrogen (secondary N) is 2. The molecule has 0 aromatic heterocycles. The maximum Gasteiger partial charge on any atom is 0.0389 e. The van der Waals surface area contributed by atoms with Crippen LogP contribution >= 0.6 is 0 Å². The van der Waals surface area contributed by atoms with Gasteiger partial charge in [0.1, 0.15) is 0 Å². The lowest BCUT2D eigenvalue weighted by molar-refractivity contribution is 0.424. The molecule has 0 amide bonds. The van der Waals surface area contributed by atoms with Crippen LogP contribution in [0.1, 0.15) is 47.1 Å². The van der Waals surface area contributed by atoms with Crippen molar-refractivity contribution in [3.63, 3.8) is 0 Å². The number of anilines is 1. The van der Waals surface area contributed by atoms with Gasteiger partial charge in [0.2, 0.25) is 0 Å². The molecular weight excluding hydrogens is 208 g/mol. The molecule has 0 aliphatic rings. The highest BCUT2D eigenvalue weighted by Gasteiger charge is 2.13. The Labute approximate surface area is 106 Å². The molecular formula is C15H26N2. The van der Waals surface area contributed by atoms with Gasteiger partial charge >= 0.3 is 0 Å². The highest BCUT2D eigenvalue weighted by Crippen LogP contribution is 2.20. The van der Waals surface area contributed by atoms with E-state index >= 15 is 0 Å². The van der Waals surface area contributed by atoms with Crippen LogP contribution in [0.4, 0.5) is 5.69 Å². The van der Waals surface area contributed by atoms with Gasteiger partial charge < -0.3 is 10.6 Å². The molecule has 0 unspecified atom stereocenters. The van der Waals surface area contributed by atoms with Crippen LogP contribution in [0.3, 0.4) is 0 Å².